The number of halogens is 1. The fourth-order valence-electron chi connectivity index (χ4n) is 2.47. The van der Waals surface area contributed by atoms with Crippen molar-refractivity contribution < 1.29 is 9.18 Å². The molecule has 3 aromatic rings. The molecule has 25 heavy (non-hydrogen) atoms. The molecule has 0 atom stereocenters. The van der Waals surface area contributed by atoms with E-state index >= 15 is 0 Å². The van der Waals surface area contributed by atoms with Crippen LogP contribution in [0.5, 0.6) is 0 Å². The fourth-order valence-corrected chi connectivity index (χ4v) is 3.32. The lowest BCUT2D eigenvalue weighted by molar-refractivity contribution is -0.115. The summed E-state index contributed by atoms with van der Waals surface area (Å²) in [6.45, 7) is 0. The molecule has 0 aliphatic carbocycles. The summed E-state index contributed by atoms with van der Waals surface area (Å²) >= 11 is 1.54. The van der Waals surface area contributed by atoms with E-state index in [4.69, 9.17) is 0 Å². The third kappa shape index (κ3) is 4.94. The van der Waals surface area contributed by atoms with Gasteiger partial charge in [0.1, 0.15) is 5.82 Å². The molecule has 0 aromatic heterocycles. The highest BCUT2D eigenvalue weighted by molar-refractivity contribution is 7.99. The van der Waals surface area contributed by atoms with Crippen LogP contribution in [0.3, 0.4) is 0 Å². The highest BCUT2D eigenvalue weighted by atomic mass is 32.2. The number of amides is 1. The van der Waals surface area contributed by atoms with Crippen LogP contribution in [0.4, 0.5) is 10.1 Å². The first-order chi connectivity index (χ1) is 12.2. The molecule has 0 bridgehead atoms. The summed E-state index contributed by atoms with van der Waals surface area (Å²) < 4.78 is 12.9. The highest BCUT2D eigenvalue weighted by Crippen LogP contribution is 2.28. The number of thioether (sulfide) groups is 1. The Kier molecular flexibility index (Phi) is 5.86. The van der Waals surface area contributed by atoms with Crippen LogP contribution in [-0.2, 0) is 4.79 Å². The average molecular weight is 351 g/mol. The van der Waals surface area contributed by atoms with Crippen LogP contribution in [0.2, 0.25) is 0 Å². The molecular weight excluding hydrogens is 333 g/mol. The molecule has 0 heterocycles. The van der Waals surface area contributed by atoms with Gasteiger partial charge in [-0.3, -0.25) is 4.79 Å². The van der Waals surface area contributed by atoms with Crippen molar-refractivity contribution in [2.45, 2.75) is 11.3 Å². The second-order valence-corrected chi connectivity index (χ2v) is 6.68. The van der Waals surface area contributed by atoms with Gasteiger partial charge in [0.15, 0.2) is 0 Å². The van der Waals surface area contributed by atoms with Crippen LogP contribution >= 0.6 is 11.8 Å². The topological polar surface area (TPSA) is 29.1 Å². The molecular formula is C21H18FNOS. The van der Waals surface area contributed by atoms with Crippen LogP contribution in [0, 0.1) is 5.82 Å². The van der Waals surface area contributed by atoms with Gasteiger partial charge in [-0.05, 0) is 35.9 Å². The van der Waals surface area contributed by atoms with Crippen molar-refractivity contribution >= 4 is 23.4 Å². The molecule has 2 nitrogen and oxygen atoms in total. The van der Waals surface area contributed by atoms with Gasteiger partial charge in [-0.1, -0.05) is 48.5 Å². The van der Waals surface area contributed by atoms with Crippen molar-refractivity contribution in [3.63, 3.8) is 0 Å². The van der Waals surface area contributed by atoms with Gasteiger partial charge in [0.2, 0.25) is 5.91 Å². The van der Waals surface area contributed by atoms with Crippen LogP contribution in [0.15, 0.2) is 83.8 Å². The number of hydrogen-bond acceptors (Lipinski definition) is 2. The number of hydrogen-bond donors (Lipinski definition) is 1. The molecule has 4 heteroatoms. The molecule has 0 spiro atoms. The van der Waals surface area contributed by atoms with Gasteiger partial charge in [0.25, 0.3) is 0 Å². The normalized spacial score (nSPS) is 10.4. The molecule has 126 valence electrons. The Balaban J connectivity index is 1.59. The summed E-state index contributed by atoms with van der Waals surface area (Å²) in [5.74, 6) is 0.364. The number of benzene rings is 3. The number of rotatable bonds is 6. The van der Waals surface area contributed by atoms with Crippen molar-refractivity contribution in [1.82, 2.24) is 0 Å². The van der Waals surface area contributed by atoms with E-state index in [0.29, 0.717) is 12.2 Å². The van der Waals surface area contributed by atoms with Gasteiger partial charge in [-0.2, -0.15) is 0 Å². The van der Waals surface area contributed by atoms with Crippen molar-refractivity contribution in [1.29, 1.82) is 0 Å². The maximum absolute atomic E-state index is 12.9. The summed E-state index contributed by atoms with van der Waals surface area (Å²) in [6, 6.07) is 24.1. The van der Waals surface area contributed by atoms with Crippen molar-refractivity contribution in [2.24, 2.45) is 0 Å². The molecule has 0 aliphatic heterocycles. The molecule has 3 rings (SSSR count). The predicted octanol–water partition coefficient (Wildman–Crippen LogP) is 5.61. The van der Waals surface area contributed by atoms with Crippen LogP contribution in [0.1, 0.15) is 6.42 Å². The highest BCUT2D eigenvalue weighted by Gasteiger charge is 2.08. The number of carbonyl (C=O) groups excluding carboxylic acids is 1. The molecule has 1 amide bonds. The molecule has 0 saturated carbocycles. The maximum atomic E-state index is 12.9. The molecule has 0 unspecified atom stereocenters. The third-order valence-electron chi connectivity index (χ3n) is 3.70. The number of nitrogens with one attached hydrogen (secondary N) is 1. The SMILES string of the molecule is O=C(CCSc1ccc(F)cc1)Nc1ccccc1-c1ccccc1. The van der Waals surface area contributed by atoms with E-state index < -0.39 is 0 Å². The van der Waals surface area contributed by atoms with Crippen LogP contribution in [0.25, 0.3) is 11.1 Å². The first-order valence-corrected chi connectivity index (χ1v) is 9.03. The minimum Gasteiger partial charge on any atom is -0.325 e. The second-order valence-electron chi connectivity index (χ2n) is 5.51. The molecule has 0 saturated heterocycles. The van der Waals surface area contributed by atoms with Gasteiger partial charge in [0.05, 0.1) is 0 Å². The Labute approximate surface area is 151 Å². The Morgan fingerprint density at radius 2 is 1.56 bits per heavy atom. The Bertz CT molecular complexity index is 834. The summed E-state index contributed by atoms with van der Waals surface area (Å²) in [5.41, 5.74) is 2.88. The monoisotopic (exact) mass is 351 g/mol. The fraction of sp³-hybridized carbons (Fsp3) is 0.0952. The van der Waals surface area contributed by atoms with Gasteiger partial charge in [-0.25, -0.2) is 4.39 Å². The van der Waals surface area contributed by atoms with E-state index in [9.17, 15) is 9.18 Å². The molecule has 1 N–H and O–H groups in total. The first-order valence-electron chi connectivity index (χ1n) is 8.05. The van der Waals surface area contributed by atoms with E-state index in [0.717, 1.165) is 21.7 Å². The quantitative estimate of drug-likeness (QED) is 0.585. The minimum absolute atomic E-state index is 0.0296. The third-order valence-corrected chi connectivity index (χ3v) is 4.71. The summed E-state index contributed by atoms with van der Waals surface area (Å²) in [7, 11) is 0. The Morgan fingerprint density at radius 1 is 0.880 bits per heavy atom. The first kappa shape index (κ1) is 17.2. The summed E-state index contributed by atoms with van der Waals surface area (Å²) in [4.78, 5) is 13.2. The number of anilines is 1. The van der Waals surface area contributed by atoms with Gasteiger partial charge < -0.3 is 5.32 Å². The van der Waals surface area contributed by atoms with E-state index in [1.165, 1.54) is 12.1 Å². The van der Waals surface area contributed by atoms with Crippen LogP contribution in [-0.4, -0.2) is 11.7 Å². The van der Waals surface area contributed by atoms with Gasteiger partial charge in [0, 0.05) is 28.3 Å². The zero-order valence-corrected chi connectivity index (χ0v) is 14.4. The van der Waals surface area contributed by atoms with Crippen molar-refractivity contribution in [3.8, 4) is 11.1 Å². The Morgan fingerprint density at radius 3 is 2.32 bits per heavy atom. The number of para-hydroxylation sites is 1. The van der Waals surface area contributed by atoms with Crippen molar-refractivity contribution in [2.75, 3.05) is 11.1 Å². The summed E-state index contributed by atoms with van der Waals surface area (Å²) in [5, 5.41) is 2.99. The molecule has 0 aliphatic rings. The predicted molar refractivity (Wildman–Crippen MR) is 102 cm³/mol. The lowest BCUT2D eigenvalue weighted by atomic mass is 10.0. The molecule has 0 radical (unpaired) electrons. The number of carbonyl (C=O) groups is 1. The van der Waals surface area contributed by atoms with Crippen LogP contribution < -0.4 is 5.32 Å². The zero-order chi connectivity index (χ0) is 17.5. The second kappa shape index (κ2) is 8.49. The van der Waals surface area contributed by atoms with Gasteiger partial charge in [-0.15, -0.1) is 11.8 Å². The zero-order valence-electron chi connectivity index (χ0n) is 13.6. The van der Waals surface area contributed by atoms with Gasteiger partial charge >= 0.3 is 0 Å². The maximum Gasteiger partial charge on any atom is 0.225 e. The van der Waals surface area contributed by atoms with E-state index in [-0.39, 0.29) is 11.7 Å². The molecule has 0 fully saturated rings. The van der Waals surface area contributed by atoms with E-state index in [1.54, 1.807) is 23.9 Å². The van der Waals surface area contributed by atoms with E-state index in [2.05, 4.69) is 5.32 Å². The lowest BCUT2D eigenvalue weighted by Crippen LogP contribution is -2.12. The Hall–Kier alpha value is -2.59. The average Bonchev–Trinajstić information content (AvgIpc) is 2.64. The van der Waals surface area contributed by atoms with E-state index in [1.807, 2.05) is 54.6 Å². The minimum atomic E-state index is -0.250. The van der Waals surface area contributed by atoms with Crippen molar-refractivity contribution in [3.05, 3.63) is 84.7 Å². The lowest BCUT2D eigenvalue weighted by Gasteiger charge is -2.11. The largest absolute Gasteiger partial charge is 0.325 e. The smallest absolute Gasteiger partial charge is 0.225 e. The summed E-state index contributed by atoms with van der Waals surface area (Å²) in [6.07, 6.45) is 0.394. The molecule has 3 aromatic carbocycles. The standard InChI is InChI=1S/C21H18FNOS/c22-17-10-12-18(13-11-17)25-15-14-21(24)23-20-9-5-4-8-19(20)16-6-2-1-3-7-16/h1-13H,14-15H2,(H,23,24).